The summed E-state index contributed by atoms with van der Waals surface area (Å²) in [6, 6.07) is 4.64. The van der Waals surface area contributed by atoms with E-state index in [0.29, 0.717) is 12.0 Å². The summed E-state index contributed by atoms with van der Waals surface area (Å²) in [5, 5.41) is 3.66. The van der Waals surface area contributed by atoms with Gasteiger partial charge in [0.05, 0.1) is 20.8 Å². The van der Waals surface area contributed by atoms with Gasteiger partial charge in [0.1, 0.15) is 0 Å². The molecule has 3 rings (SSSR count). The average molecular weight is 277 g/mol. The molecule has 1 aromatic carbocycles. The highest BCUT2D eigenvalue weighted by atomic mass is 16.5. The molecule has 0 spiro atoms. The Kier molecular flexibility index (Phi) is 4.13. The van der Waals surface area contributed by atoms with Crippen molar-refractivity contribution in [2.45, 2.75) is 25.3 Å². The molecule has 2 aliphatic heterocycles. The van der Waals surface area contributed by atoms with E-state index in [9.17, 15) is 0 Å². The fourth-order valence-electron chi connectivity index (χ4n) is 3.36. The number of fused-ring (bicyclic) bond motifs is 1. The van der Waals surface area contributed by atoms with Crippen LogP contribution in [0.3, 0.4) is 0 Å². The van der Waals surface area contributed by atoms with Crippen molar-refractivity contribution >= 4 is 0 Å². The van der Waals surface area contributed by atoms with E-state index in [1.807, 2.05) is 0 Å². The molecule has 0 radical (unpaired) electrons. The molecule has 0 bridgehead atoms. The lowest BCUT2D eigenvalue weighted by atomic mass is 9.83. The quantitative estimate of drug-likeness (QED) is 0.920. The lowest BCUT2D eigenvalue weighted by molar-refractivity contribution is 0.0380. The van der Waals surface area contributed by atoms with Crippen molar-refractivity contribution in [2.24, 2.45) is 5.92 Å². The predicted molar refractivity (Wildman–Crippen MR) is 77.5 cm³/mol. The van der Waals surface area contributed by atoms with E-state index in [0.717, 1.165) is 44.1 Å². The number of rotatable bonds is 3. The van der Waals surface area contributed by atoms with Crippen LogP contribution in [-0.4, -0.2) is 34.0 Å². The van der Waals surface area contributed by atoms with Crippen molar-refractivity contribution in [3.05, 3.63) is 23.3 Å². The molecule has 0 aromatic heterocycles. The Bertz CT molecular complexity index is 469. The second-order valence-corrected chi connectivity index (χ2v) is 5.57. The zero-order valence-electron chi connectivity index (χ0n) is 12.3. The molecule has 110 valence electrons. The molecule has 2 atom stereocenters. The van der Waals surface area contributed by atoms with Crippen LogP contribution in [0, 0.1) is 5.92 Å². The number of hydrogen-bond acceptors (Lipinski definition) is 4. The highest BCUT2D eigenvalue weighted by molar-refractivity contribution is 5.49. The molecule has 4 heteroatoms. The molecule has 2 unspecified atom stereocenters. The molecular weight excluding hydrogens is 254 g/mol. The Morgan fingerprint density at radius 1 is 1.20 bits per heavy atom. The van der Waals surface area contributed by atoms with Crippen molar-refractivity contribution in [2.75, 3.05) is 34.0 Å². The molecule has 2 heterocycles. The van der Waals surface area contributed by atoms with Gasteiger partial charge in [0.2, 0.25) is 0 Å². The van der Waals surface area contributed by atoms with Crippen LogP contribution in [0.2, 0.25) is 0 Å². The number of nitrogens with one attached hydrogen (secondary N) is 1. The van der Waals surface area contributed by atoms with Gasteiger partial charge in [-0.3, -0.25) is 0 Å². The number of ether oxygens (including phenoxy) is 3. The van der Waals surface area contributed by atoms with E-state index in [1.54, 1.807) is 14.2 Å². The molecular formula is C16H23NO3. The van der Waals surface area contributed by atoms with Crippen LogP contribution < -0.4 is 14.8 Å². The van der Waals surface area contributed by atoms with Gasteiger partial charge in [0.25, 0.3) is 0 Å². The van der Waals surface area contributed by atoms with Gasteiger partial charge in [-0.2, -0.15) is 0 Å². The maximum atomic E-state index is 5.66. The summed E-state index contributed by atoms with van der Waals surface area (Å²) in [5.74, 6) is 2.20. The largest absolute Gasteiger partial charge is 0.493 e. The lowest BCUT2D eigenvalue weighted by Gasteiger charge is -2.35. The van der Waals surface area contributed by atoms with Crippen LogP contribution >= 0.6 is 0 Å². The maximum absolute atomic E-state index is 5.66. The summed E-state index contributed by atoms with van der Waals surface area (Å²) in [4.78, 5) is 0. The topological polar surface area (TPSA) is 39.7 Å². The minimum absolute atomic E-state index is 0.374. The molecule has 1 saturated heterocycles. The van der Waals surface area contributed by atoms with Crippen molar-refractivity contribution in [3.8, 4) is 11.5 Å². The van der Waals surface area contributed by atoms with Gasteiger partial charge in [-0.05, 0) is 49.1 Å². The van der Waals surface area contributed by atoms with E-state index < -0.39 is 0 Å². The highest BCUT2D eigenvalue weighted by Gasteiger charge is 2.30. The zero-order valence-corrected chi connectivity index (χ0v) is 12.3. The third-order valence-corrected chi connectivity index (χ3v) is 4.41. The summed E-state index contributed by atoms with van der Waals surface area (Å²) in [6.07, 6.45) is 3.43. The van der Waals surface area contributed by atoms with E-state index >= 15 is 0 Å². The summed E-state index contributed by atoms with van der Waals surface area (Å²) in [6.45, 7) is 2.77. The summed E-state index contributed by atoms with van der Waals surface area (Å²) in [7, 11) is 3.39. The first-order valence-corrected chi connectivity index (χ1v) is 7.39. The van der Waals surface area contributed by atoms with Crippen LogP contribution in [0.25, 0.3) is 0 Å². The van der Waals surface area contributed by atoms with Crippen LogP contribution in [0.4, 0.5) is 0 Å². The molecule has 2 aliphatic rings. The maximum Gasteiger partial charge on any atom is 0.161 e. The molecule has 20 heavy (non-hydrogen) atoms. The van der Waals surface area contributed by atoms with Crippen molar-refractivity contribution in [3.63, 3.8) is 0 Å². The normalized spacial score (nSPS) is 25.9. The standard InChI is InChI=1S/C16H23NO3/c1-18-14-8-11-5-6-17-16(12-4-3-7-20-10-12)13(11)9-15(14)19-2/h8-9,12,16-17H,3-7,10H2,1-2H3. The van der Waals surface area contributed by atoms with Crippen molar-refractivity contribution in [1.82, 2.24) is 5.32 Å². The summed E-state index contributed by atoms with van der Waals surface area (Å²) >= 11 is 0. The highest BCUT2D eigenvalue weighted by Crippen LogP contribution is 2.39. The number of methoxy groups -OCH3 is 2. The Balaban J connectivity index is 1.94. The van der Waals surface area contributed by atoms with Crippen LogP contribution in [0.15, 0.2) is 12.1 Å². The van der Waals surface area contributed by atoms with Gasteiger partial charge in [-0.1, -0.05) is 0 Å². The summed E-state index contributed by atoms with van der Waals surface area (Å²) in [5.41, 5.74) is 2.72. The van der Waals surface area contributed by atoms with Gasteiger partial charge in [0, 0.05) is 18.6 Å². The van der Waals surface area contributed by atoms with Gasteiger partial charge in [-0.25, -0.2) is 0 Å². The average Bonchev–Trinajstić information content (AvgIpc) is 2.53. The van der Waals surface area contributed by atoms with Crippen LogP contribution in [-0.2, 0) is 11.2 Å². The SMILES string of the molecule is COc1cc2c(cc1OC)C(C1CCCOC1)NCC2. The Hall–Kier alpha value is -1.26. The number of hydrogen-bond donors (Lipinski definition) is 1. The van der Waals surface area contributed by atoms with E-state index in [2.05, 4.69) is 17.4 Å². The van der Waals surface area contributed by atoms with Crippen LogP contribution in [0.1, 0.15) is 30.0 Å². The number of benzene rings is 1. The van der Waals surface area contributed by atoms with E-state index in [4.69, 9.17) is 14.2 Å². The fraction of sp³-hybridized carbons (Fsp3) is 0.625. The third-order valence-electron chi connectivity index (χ3n) is 4.41. The molecule has 0 amide bonds. The van der Waals surface area contributed by atoms with Crippen LogP contribution in [0.5, 0.6) is 11.5 Å². The van der Waals surface area contributed by atoms with Gasteiger partial charge < -0.3 is 19.5 Å². The minimum atomic E-state index is 0.374. The predicted octanol–water partition coefficient (Wildman–Crippen LogP) is 2.32. The van der Waals surface area contributed by atoms with Gasteiger partial charge >= 0.3 is 0 Å². The first-order valence-electron chi connectivity index (χ1n) is 7.39. The Morgan fingerprint density at radius 3 is 2.70 bits per heavy atom. The molecule has 1 fully saturated rings. The zero-order chi connectivity index (χ0) is 13.9. The smallest absolute Gasteiger partial charge is 0.161 e. The molecule has 1 N–H and O–H groups in total. The van der Waals surface area contributed by atoms with Gasteiger partial charge in [-0.15, -0.1) is 0 Å². The molecule has 0 saturated carbocycles. The van der Waals surface area contributed by atoms with Crippen molar-refractivity contribution in [1.29, 1.82) is 0 Å². The monoisotopic (exact) mass is 277 g/mol. The van der Waals surface area contributed by atoms with E-state index in [-0.39, 0.29) is 0 Å². The third kappa shape index (κ3) is 2.50. The fourth-order valence-corrected chi connectivity index (χ4v) is 3.36. The lowest BCUT2D eigenvalue weighted by Crippen LogP contribution is -2.38. The first kappa shape index (κ1) is 13.7. The molecule has 1 aromatic rings. The van der Waals surface area contributed by atoms with Gasteiger partial charge in [0.15, 0.2) is 11.5 Å². The van der Waals surface area contributed by atoms with Crippen molar-refractivity contribution < 1.29 is 14.2 Å². The molecule has 4 nitrogen and oxygen atoms in total. The summed E-state index contributed by atoms with van der Waals surface area (Å²) < 4.78 is 16.5. The Labute approximate surface area is 120 Å². The van der Waals surface area contributed by atoms with E-state index in [1.165, 1.54) is 17.5 Å². The molecule has 0 aliphatic carbocycles. The first-order chi connectivity index (χ1) is 9.83. The minimum Gasteiger partial charge on any atom is -0.493 e. The second-order valence-electron chi connectivity index (χ2n) is 5.57. The second kappa shape index (κ2) is 6.02. The Morgan fingerprint density at radius 2 is 2.00 bits per heavy atom.